The lowest BCUT2D eigenvalue weighted by Crippen LogP contribution is -2.22. The van der Waals surface area contributed by atoms with Crippen LogP contribution in [-0.2, 0) is 4.74 Å². The van der Waals surface area contributed by atoms with Gasteiger partial charge in [0, 0.05) is 18.5 Å². The van der Waals surface area contributed by atoms with E-state index in [4.69, 9.17) is 4.74 Å². The molecule has 2 aromatic rings. The van der Waals surface area contributed by atoms with Gasteiger partial charge in [-0.25, -0.2) is 9.78 Å². The zero-order valence-corrected chi connectivity index (χ0v) is 13.6. The highest BCUT2D eigenvalue weighted by atomic mass is 16.5. The lowest BCUT2D eigenvalue weighted by molar-refractivity contribution is 0.0526. The quantitative estimate of drug-likeness (QED) is 0.831. The molecule has 5 heteroatoms. The number of likely N-dealkylation sites (N-methyl/N-ethyl adjacent to an activating group) is 1. The zero-order chi connectivity index (χ0) is 16.1. The summed E-state index contributed by atoms with van der Waals surface area (Å²) < 4.78 is 5.20. The van der Waals surface area contributed by atoms with Gasteiger partial charge in [-0.1, -0.05) is 18.2 Å². The van der Waals surface area contributed by atoms with Gasteiger partial charge in [0.1, 0.15) is 11.4 Å². The van der Waals surface area contributed by atoms with Crippen molar-refractivity contribution in [1.82, 2.24) is 9.88 Å². The maximum atomic E-state index is 12.3. The molecule has 0 spiro atoms. The summed E-state index contributed by atoms with van der Waals surface area (Å²) in [6.07, 6.45) is 0. The van der Waals surface area contributed by atoms with Crippen molar-refractivity contribution in [2.24, 2.45) is 0 Å². The monoisotopic (exact) mass is 301 g/mol. The van der Waals surface area contributed by atoms with Crippen LogP contribution in [0, 0.1) is 6.92 Å². The van der Waals surface area contributed by atoms with Crippen LogP contribution in [0.2, 0.25) is 0 Å². The van der Waals surface area contributed by atoms with Crippen molar-refractivity contribution in [1.29, 1.82) is 0 Å². The molecular weight excluding hydrogens is 278 g/mol. The van der Waals surface area contributed by atoms with E-state index in [0.29, 0.717) is 24.5 Å². The van der Waals surface area contributed by atoms with Gasteiger partial charge in [-0.15, -0.1) is 0 Å². The Morgan fingerprint density at radius 3 is 2.73 bits per heavy atom. The summed E-state index contributed by atoms with van der Waals surface area (Å²) in [7, 11) is 4.01. The number of aromatic nitrogens is 1. The van der Waals surface area contributed by atoms with Gasteiger partial charge in [0.25, 0.3) is 0 Å². The minimum absolute atomic E-state index is 0.328. The van der Waals surface area contributed by atoms with Gasteiger partial charge in [0.2, 0.25) is 0 Å². The van der Waals surface area contributed by atoms with Crippen molar-refractivity contribution < 1.29 is 9.53 Å². The number of carbonyl (C=O) groups is 1. The molecule has 1 heterocycles. The Kier molecular flexibility index (Phi) is 5.33. The van der Waals surface area contributed by atoms with E-state index in [9.17, 15) is 4.79 Å². The molecule has 0 fully saturated rings. The Bertz CT molecular complexity index is 668. The number of hydrogen-bond donors (Lipinski definition) is 1. The molecule has 118 valence electrons. The number of fused-ring (bicyclic) bond motifs is 1. The number of pyridine rings is 1. The van der Waals surface area contributed by atoms with Crippen LogP contribution in [0.15, 0.2) is 24.3 Å². The summed E-state index contributed by atoms with van der Waals surface area (Å²) in [5, 5.41) is 4.24. The van der Waals surface area contributed by atoms with Gasteiger partial charge in [-0.3, -0.25) is 0 Å². The van der Waals surface area contributed by atoms with Crippen LogP contribution in [0.5, 0.6) is 0 Å². The molecule has 1 aromatic carbocycles. The van der Waals surface area contributed by atoms with Crippen LogP contribution in [0.25, 0.3) is 10.9 Å². The lowest BCUT2D eigenvalue weighted by Gasteiger charge is -2.16. The van der Waals surface area contributed by atoms with E-state index in [0.717, 1.165) is 23.0 Å². The van der Waals surface area contributed by atoms with Crippen molar-refractivity contribution >= 4 is 22.7 Å². The summed E-state index contributed by atoms with van der Waals surface area (Å²) in [5.41, 5.74) is 2.30. The Morgan fingerprint density at radius 2 is 2.05 bits per heavy atom. The standard InChI is InChI=1S/C17H23N3O2/c1-5-22-17(21)15-12(2)13-8-6-7-9-14(13)19-16(15)18-10-11-20(3)4/h6-9H,5,10-11H2,1-4H3,(H,18,19). The van der Waals surface area contributed by atoms with Gasteiger partial charge >= 0.3 is 5.97 Å². The summed E-state index contributed by atoms with van der Waals surface area (Å²) in [6.45, 7) is 5.66. The molecule has 0 unspecified atom stereocenters. The third kappa shape index (κ3) is 3.54. The Morgan fingerprint density at radius 1 is 1.32 bits per heavy atom. The number of aryl methyl sites for hydroxylation is 1. The zero-order valence-electron chi connectivity index (χ0n) is 13.6. The second-order valence-corrected chi connectivity index (χ2v) is 5.43. The molecule has 1 N–H and O–H groups in total. The van der Waals surface area contributed by atoms with Crippen molar-refractivity contribution in [2.45, 2.75) is 13.8 Å². The predicted octanol–water partition coefficient (Wildman–Crippen LogP) is 2.69. The average molecular weight is 301 g/mol. The lowest BCUT2D eigenvalue weighted by atomic mass is 10.0. The van der Waals surface area contributed by atoms with Crippen LogP contribution in [0.1, 0.15) is 22.8 Å². The second-order valence-electron chi connectivity index (χ2n) is 5.43. The number of esters is 1. The van der Waals surface area contributed by atoms with Crippen LogP contribution >= 0.6 is 0 Å². The van der Waals surface area contributed by atoms with E-state index >= 15 is 0 Å². The van der Waals surface area contributed by atoms with Crippen molar-refractivity contribution in [3.05, 3.63) is 35.4 Å². The second kappa shape index (κ2) is 7.22. The topological polar surface area (TPSA) is 54.5 Å². The van der Waals surface area contributed by atoms with Gasteiger partial charge < -0.3 is 15.0 Å². The first-order valence-corrected chi connectivity index (χ1v) is 7.49. The van der Waals surface area contributed by atoms with Gasteiger partial charge in [-0.05, 0) is 39.6 Å². The molecule has 0 saturated heterocycles. The molecular formula is C17H23N3O2. The van der Waals surface area contributed by atoms with Crippen molar-refractivity contribution in [3.8, 4) is 0 Å². The molecule has 0 amide bonds. The number of rotatable bonds is 6. The van der Waals surface area contributed by atoms with E-state index in [1.165, 1.54) is 0 Å². The molecule has 1 aromatic heterocycles. The summed E-state index contributed by atoms with van der Waals surface area (Å²) in [5.74, 6) is 0.266. The van der Waals surface area contributed by atoms with E-state index in [-0.39, 0.29) is 5.97 Å². The largest absolute Gasteiger partial charge is 0.462 e. The predicted molar refractivity (Wildman–Crippen MR) is 89.5 cm³/mol. The number of anilines is 1. The fourth-order valence-corrected chi connectivity index (χ4v) is 2.36. The first-order chi connectivity index (χ1) is 10.5. The molecule has 0 saturated carbocycles. The van der Waals surface area contributed by atoms with Crippen LogP contribution < -0.4 is 5.32 Å². The first kappa shape index (κ1) is 16.2. The fourth-order valence-electron chi connectivity index (χ4n) is 2.36. The Balaban J connectivity index is 2.45. The molecule has 0 aliphatic rings. The maximum Gasteiger partial charge on any atom is 0.342 e. The number of nitrogens with one attached hydrogen (secondary N) is 1. The van der Waals surface area contributed by atoms with E-state index < -0.39 is 0 Å². The SMILES string of the molecule is CCOC(=O)c1c(NCCN(C)C)nc2ccccc2c1C. The van der Waals surface area contributed by atoms with E-state index in [1.807, 2.05) is 45.3 Å². The number of ether oxygens (including phenoxy) is 1. The smallest absolute Gasteiger partial charge is 0.342 e. The van der Waals surface area contributed by atoms with Crippen LogP contribution in [0.4, 0.5) is 5.82 Å². The molecule has 0 radical (unpaired) electrons. The molecule has 0 bridgehead atoms. The van der Waals surface area contributed by atoms with Crippen molar-refractivity contribution in [2.75, 3.05) is 39.1 Å². The third-order valence-electron chi connectivity index (χ3n) is 3.48. The number of hydrogen-bond acceptors (Lipinski definition) is 5. The van der Waals surface area contributed by atoms with Crippen molar-refractivity contribution in [3.63, 3.8) is 0 Å². The first-order valence-electron chi connectivity index (χ1n) is 7.49. The molecule has 0 aliphatic carbocycles. The third-order valence-corrected chi connectivity index (χ3v) is 3.48. The summed E-state index contributed by atoms with van der Waals surface area (Å²) in [4.78, 5) is 19.0. The van der Waals surface area contributed by atoms with E-state index in [1.54, 1.807) is 6.92 Å². The Labute approximate surface area is 131 Å². The van der Waals surface area contributed by atoms with Crippen LogP contribution in [0.3, 0.4) is 0 Å². The average Bonchev–Trinajstić information content (AvgIpc) is 2.47. The fraction of sp³-hybridized carbons (Fsp3) is 0.412. The molecule has 0 aliphatic heterocycles. The Hall–Kier alpha value is -2.14. The highest BCUT2D eigenvalue weighted by Gasteiger charge is 2.19. The number of carbonyl (C=O) groups excluding carboxylic acids is 1. The normalized spacial score (nSPS) is 11.0. The number of nitrogens with zero attached hydrogens (tertiary/aromatic N) is 2. The minimum Gasteiger partial charge on any atom is -0.462 e. The molecule has 0 atom stereocenters. The van der Waals surface area contributed by atoms with E-state index in [2.05, 4.69) is 15.2 Å². The maximum absolute atomic E-state index is 12.3. The van der Waals surface area contributed by atoms with Crippen LogP contribution in [-0.4, -0.2) is 49.6 Å². The summed E-state index contributed by atoms with van der Waals surface area (Å²) >= 11 is 0. The molecule has 2 rings (SSSR count). The molecule has 22 heavy (non-hydrogen) atoms. The highest BCUT2D eigenvalue weighted by molar-refractivity contribution is 6.02. The van der Waals surface area contributed by atoms with Gasteiger partial charge in [-0.2, -0.15) is 0 Å². The summed E-state index contributed by atoms with van der Waals surface area (Å²) in [6, 6.07) is 7.83. The minimum atomic E-state index is -0.328. The van der Waals surface area contributed by atoms with Gasteiger partial charge in [0.05, 0.1) is 12.1 Å². The molecule has 5 nitrogen and oxygen atoms in total. The van der Waals surface area contributed by atoms with Gasteiger partial charge in [0.15, 0.2) is 0 Å². The number of para-hydroxylation sites is 1. The highest BCUT2D eigenvalue weighted by Crippen LogP contribution is 2.26. The number of benzene rings is 1.